The van der Waals surface area contributed by atoms with Gasteiger partial charge in [0, 0.05) is 12.3 Å². The predicted octanol–water partition coefficient (Wildman–Crippen LogP) is 2.69. The van der Waals surface area contributed by atoms with Crippen LogP contribution in [0.2, 0.25) is 0 Å². The van der Waals surface area contributed by atoms with E-state index in [0.29, 0.717) is 6.42 Å². The molecule has 0 aromatic carbocycles. The molecule has 0 saturated heterocycles. The molecule has 0 bridgehead atoms. The van der Waals surface area contributed by atoms with Gasteiger partial charge in [-0.05, 0) is 26.2 Å². The Morgan fingerprint density at radius 3 is 2.71 bits per heavy atom. The zero-order valence-corrected chi connectivity index (χ0v) is 9.38. The number of rotatable bonds is 5. The number of carbonyl (C=O) groups is 1. The molecule has 2 heteroatoms. The summed E-state index contributed by atoms with van der Waals surface area (Å²) in [6.07, 6.45) is 6.65. The second-order valence-corrected chi connectivity index (χ2v) is 4.73. The van der Waals surface area contributed by atoms with Crippen LogP contribution >= 0.6 is 0 Å². The van der Waals surface area contributed by atoms with Gasteiger partial charge in [0.15, 0.2) is 0 Å². The fraction of sp³-hybridized carbons (Fsp3) is 0.917. The first-order valence-electron chi connectivity index (χ1n) is 5.83. The molecule has 1 saturated carbocycles. The fourth-order valence-electron chi connectivity index (χ4n) is 2.38. The lowest BCUT2D eigenvalue weighted by Gasteiger charge is -2.28. The van der Waals surface area contributed by atoms with Gasteiger partial charge in [-0.15, -0.1) is 0 Å². The first-order valence-corrected chi connectivity index (χ1v) is 5.83. The zero-order chi connectivity index (χ0) is 10.6. The molecule has 2 unspecified atom stereocenters. The molecule has 1 N–H and O–H groups in total. The van der Waals surface area contributed by atoms with Gasteiger partial charge in [-0.3, -0.25) is 4.79 Å². The Hall–Kier alpha value is -0.370. The summed E-state index contributed by atoms with van der Waals surface area (Å²) in [6.45, 7) is 3.98. The van der Waals surface area contributed by atoms with Crippen molar-refractivity contribution in [1.29, 1.82) is 0 Å². The van der Waals surface area contributed by atoms with E-state index in [-0.39, 0.29) is 11.7 Å². The third-order valence-corrected chi connectivity index (χ3v) is 3.34. The Kier molecular flexibility index (Phi) is 4.11. The van der Waals surface area contributed by atoms with Crippen LogP contribution in [0.15, 0.2) is 0 Å². The normalized spacial score (nSPS) is 26.5. The summed E-state index contributed by atoms with van der Waals surface area (Å²) in [5.74, 6) is 0.186. The topological polar surface area (TPSA) is 37.3 Å². The lowest BCUT2D eigenvalue weighted by atomic mass is 9.83. The van der Waals surface area contributed by atoms with Gasteiger partial charge in [0.25, 0.3) is 0 Å². The van der Waals surface area contributed by atoms with Crippen molar-refractivity contribution in [3.8, 4) is 0 Å². The van der Waals surface area contributed by atoms with Crippen molar-refractivity contribution >= 4 is 5.78 Å². The van der Waals surface area contributed by atoms with Gasteiger partial charge in [0.2, 0.25) is 0 Å². The Morgan fingerprint density at radius 1 is 1.50 bits per heavy atom. The number of Topliss-reactive ketones (excluding diaryl/α,β-unsaturated/α-hetero) is 1. The highest BCUT2D eigenvalue weighted by Gasteiger charge is 2.38. The van der Waals surface area contributed by atoms with Gasteiger partial charge in [0.1, 0.15) is 5.78 Å². The number of hydrogen-bond donors (Lipinski definition) is 1. The minimum atomic E-state index is -0.747. The summed E-state index contributed by atoms with van der Waals surface area (Å²) < 4.78 is 0. The van der Waals surface area contributed by atoms with Crippen LogP contribution in [-0.2, 0) is 4.79 Å². The molecular weight excluding hydrogens is 176 g/mol. The molecule has 0 aromatic rings. The maximum Gasteiger partial charge on any atom is 0.138 e. The summed E-state index contributed by atoms with van der Waals surface area (Å²) in [4.78, 5) is 11.5. The molecule has 82 valence electrons. The Morgan fingerprint density at radius 2 is 2.21 bits per heavy atom. The first kappa shape index (κ1) is 11.7. The predicted molar refractivity (Wildman–Crippen MR) is 57.1 cm³/mol. The highest BCUT2D eigenvalue weighted by Crippen LogP contribution is 2.34. The molecule has 1 rings (SSSR count). The minimum Gasteiger partial charge on any atom is -0.389 e. The number of hydrogen-bond acceptors (Lipinski definition) is 2. The summed E-state index contributed by atoms with van der Waals surface area (Å²) in [6, 6.07) is 0. The number of carbonyl (C=O) groups excluding carboxylic acids is 1. The highest BCUT2D eigenvalue weighted by atomic mass is 16.3. The number of aliphatic hydroxyl groups is 1. The third-order valence-electron chi connectivity index (χ3n) is 3.34. The van der Waals surface area contributed by atoms with Crippen LogP contribution in [0, 0.1) is 5.92 Å². The molecule has 1 aliphatic carbocycles. The second-order valence-electron chi connectivity index (χ2n) is 4.73. The number of ketones is 1. The molecule has 0 radical (unpaired) electrons. The SMILES string of the molecule is CCCCCC(C)(O)C1CCCC1=O. The highest BCUT2D eigenvalue weighted by molar-refractivity contribution is 5.83. The van der Waals surface area contributed by atoms with Crippen LogP contribution < -0.4 is 0 Å². The fourth-order valence-corrected chi connectivity index (χ4v) is 2.38. The molecule has 14 heavy (non-hydrogen) atoms. The van der Waals surface area contributed by atoms with E-state index in [1.54, 1.807) is 0 Å². The van der Waals surface area contributed by atoms with Crippen LogP contribution in [0.5, 0.6) is 0 Å². The van der Waals surface area contributed by atoms with Gasteiger partial charge >= 0.3 is 0 Å². The van der Waals surface area contributed by atoms with Crippen molar-refractivity contribution < 1.29 is 9.90 Å². The van der Waals surface area contributed by atoms with E-state index in [4.69, 9.17) is 0 Å². The van der Waals surface area contributed by atoms with Crippen molar-refractivity contribution in [3.63, 3.8) is 0 Å². The monoisotopic (exact) mass is 198 g/mol. The Bertz CT molecular complexity index is 196. The zero-order valence-electron chi connectivity index (χ0n) is 9.38. The van der Waals surface area contributed by atoms with Crippen LogP contribution in [0.25, 0.3) is 0 Å². The van der Waals surface area contributed by atoms with Crippen LogP contribution in [-0.4, -0.2) is 16.5 Å². The number of unbranched alkanes of at least 4 members (excludes halogenated alkanes) is 2. The summed E-state index contributed by atoms with van der Waals surface area (Å²) in [5.41, 5.74) is -0.747. The van der Waals surface area contributed by atoms with E-state index in [2.05, 4.69) is 6.92 Å². The Balaban J connectivity index is 2.42. The van der Waals surface area contributed by atoms with Crippen molar-refractivity contribution in [1.82, 2.24) is 0 Å². The lowest BCUT2D eigenvalue weighted by Crippen LogP contribution is -2.36. The smallest absolute Gasteiger partial charge is 0.138 e. The molecule has 0 heterocycles. The molecule has 0 aromatic heterocycles. The first-order chi connectivity index (χ1) is 6.58. The van der Waals surface area contributed by atoms with Gasteiger partial charge < -0.3 is 5.11 Å². The Labute approximate surface area is 86.7 Å². The minimum absolute atomic E-state index is 0.0839. The van der Waals surface area contributed by atoms with Gasteiger partial charge in [-0.25, -0.2) is 0 Å². The summed E-state index contributed by atoms with van der Waals surface area (Å²) in [7, 11) is 0. The summed E-state index contributed by atoms with van der Waals surface area (Å²) >= 11 is 0. The van der Waals surface area contributed by atoms with Gasteiger partial charge in [0.05, 0.1) is 5.60 Å². The van der Waals surface area contributed by atoms with Crippen molar-refractivity contribution in [2.24, 2.45) is 5.92 Å². The molecule has 2 nitrogen and oxygen atoms in total. The molecule has 1 aliphatic rings. The molecular formula is C12H22O2. The maximum absolute atomic E-state index is 11.5. The van der Waals surface area contributed by atoms with E-state index in [1.165, 1.54) is 0 Å². The van der Waals surface area contributed by atoms with E-state index in [9.17, 15) is 9.90 Å². The van der Waals surface area contributed by atoms with Crippen molar-refractivity contribution in [2.45, 2.75) is 64.4 Å². The van der Waals surface area contributed by atoms with Crippen LogP contribution in [0.1, 0.15) is 58.8 Å². The summed E-state index contributed by atoms with van der Waals surface area (Å²) in [5, 5.41) is 10.2. The molecule has 0 spiro atoms. The van der Waals surface area contributed by atoms with Crippen molar-refractivity contribution in [3.05, 3.63) is 0 Å². The van der Waals surface area contributed by atoms with E-state index in [1.807, 2.05) is 6.92 Å². The quantitative estimate of drug-likeness (QED) is 0.690. The second kappa shape index (κ2) is 4.92. The van der Waals surface area contributed by atoms with E-state index in [0.717, 1.165) is 38.5 Å². The maximum atomic E-state index is 11.5. The van der Waals surface area contributed by atoms with E-state index >= 15 is 0 Å². The van der Waals surface area contributed by atoms with E-state index < -0.39 is 5.60 Å². The molecule has 0 amide bonds. The van der Waals surface area contributed by atoms with Crippen LogP contribution in [0.3, 0.4) is 0 Å². The standard InChI is InChI=1S/C12H22O2/c1-3-4-5-9-12(2,14)10-7-6-8-11(10)13/h10,14H,3-9H2,1-2H3. The molecule has 0 aliphatic heterocycles. The molecule has 1 fully saturated rings. The van der Waals surface area contributed by atoms with Gasteiger partial charge in [-0.2, -0.15) is 0 Å². The van der Waals surface area contributed by atoms with Gasteiger partial charge in [-0.1, -0.05) is 26.2 Å². The molecule has 2 atom stereocenters. The lowest BCUT2D eigenvalue weighted by molar-refractivity contribution is -0.128. The third kappa shape index (κ3) is 2.81. The van der Waals surface area contributed by atoms with Crippen LogP contribution in [0.4, 0.5) is 0 Å². The van der Waals surface area contributed by atoms with Crippen molar-refractivity contribution in [2.75, 3.05) is 0 Å². The largest absolute Gasteiger partial charge is 0.389 e. The average molecular weight is 198 g/mol. The average Bonchev–Trinajstić information content (AvgIpc) is 2.52.